The Hall–Kier alpha value is -2.70. The van der Waals surface area contributed by atoms with Crippen LogP contribution in [0.5, 0.6) is 0 Å². The van der Waals surface area contributed by atoms with Gasteiger partial charge in [-0.25, -0.2) is 4.68 Å². The Balaban J connectivity index is 1.76. The Bertz CT molecular complexity index is 714. The van der Waals surface area contributed by atoms with Gasteiger partial charge in [-0.1, -0.05) is 18.2 Å². The topological polar surface area (TPSA) is 88.3 Å². The van der Waals surface area contributed by atoms with Crippen LogP contribution in [0.15, 0.2) is 36.7 Å². The second-order valence-corrected chi connectivity index (χ2v) is 5.86. The van der Waals surface area contributed by atoms with E-state index in [1.807, 2.05) is 13.0 Å². The molecule has 3 rings (SSSR count). The first kappa shape index (κ1) is 15.2. The number of hydrogen-bond acceptors (Lipinski definition) is 4. The summed E-state index contributed by atoms with van der Waals surface area (Å²) in [6.07, 6.45) is 3.78. The number of benzene rings is 1. The third-order valence-corrected chi connectivity index (χ3v) is 4.29. The van der Waals surface area contributed by atoms with E-state index in [0.717, 1.165) is 5.69 Å². The summed E-state index contributed by atoms with van der Waals surface area (Å²) in [6.45, 7) is 2.81. The van der Waals surface area contributed by atoms with Gasteiger partial charge in [-0.3, -0.25) is 9.59 Å². The van der Waals surface area contributed by atoms with Crippen molar-refractivity contribution in [1.29, 1.82) is 0 Å². The molecule has 1 amide bonds. The first-order chi connectivity index (χ1) is 11.1. The predicted octanol–water partition coefficient (Wildman–Crippen LogP) is 1.45. The average molecular weight is 314 g/mol. The lowest BCUT2D eigenvalue weighted by molar-refractivity contribution is -0.145. The van der Waals surface area contributed by atoms with E-state index in [2.05, 4.69) is 10.3 Å². The van der Waals surface area contributed by atoms with E-state index in [4.69, 9.17) is 0 Å². The number of carboxylic acid groups (broad SMARTS) is 1. The van der Waals surface area contributed by atoms with Gasteiger partial charge < -0.3 is 10.0 Å². The van der Waals surface area contributed by atoms with Crippen molar-refractivity contribution in [3.63, 3.8) is 0 Å². The van der Waals surface area contributed by atoms with Gasteiger partial charge in [0.25, 0.3) is 5.91 Å². The Labute approximate surface area is 133 Å². The van der Waals surface area contributed by atoms with Gasteiger partial charge in [-0.15, -0.1) is 5.10 Å². The summed E-state index contributed by atoms with van der Waals surface area (Å²) in [5.74, 6) is -1.29. The molecular formula is C16H18N4O3. The molecule has 1 fully saturated rings. The minimum Gasteiger partial charge on any atom is -0.481 e. The van der Waals surface area contributed by atoms with Crippen molar-refractivity contribution in [2.75, 3.05) is 13.1 Å². The molecule has 1 aromatic heterocycles. The minimum absolute atomic E-state index is 0.0521. The van der Waals surface area contributed by atoms with E-state index in [1.54, 1.807) is 40.2 Å². The fraction of sp³-hybridized carbons (Fsp3) is 0.375. The molecule has 7 nitrogen and oxygen atoms in total. The fourth-order valence-electron chi connectivity index (χ4n) is 3.01. The monoisotopic (exact) mass is 314 g/mol. The maximum Gasteiger partial charge on any atom is 0.306 e. The van der Waals surface area contributed by atoms with Gasteiger partial charge in [0.2, 0.25) is 0 Å². The average Bonchev–Trinajstić information content (AvgIpc) is 3.08. The highest BCUT2D eigenvalue weighted by Gasteiger charge is 2.33. The Morgan fingerprint density at radius 2 is 2.17 bits per heavy atom. The van der Waals surface area contributed by atoms with Crippen LogP contribution in [0, 0.1) is 11.8 Å². The van der Waals surface area contributed by atoms with E-state index in [9.17, 15) is 14.7 Å². The quantitative estimate of drug-likeness (QED) is 0.926. The maximum absolute atomic E-state index is 12.7. The number of piperidine rings is 1. The zero-order valence-electron chi connectivity index (χ0n) is 12.8. The van der Waals surface area contributed by atoms with Crippen LogP contribution in [0.1, 0.15) is 23.7 Å². The third-order valence-electron chi connectivity index (χ3n) is 4.29. The number of carboxylic acids is 1. The van der Waals surface area contributed by atoms with Gasteiger partial charge in [0.1, 0.15) is 0 Å². The summed E-state index contributed by atoms with van der Waals surface area (Å²) in [4.78, 5) is 25.6. The van der Waals surface area contributed by atoms with Crippen molar-refractivity contribution in [3.05, 3.63) is 42.2 Å². The lowest BCUT2D eigenvalue weighted by atomic mass is 9.87. The van der Waals surface area contributed by atoms with Crippen LogP contribution in [0.4, 0.5) is 0 Å². The molecule has 1 N–H and O–H groups in total. The Kier molecular flexibility index (Phi) is 4.10. The SMILES string of the molecule is CC1CN(C(=O)c2cccc(-n3ccnn3)c2)CCC1C(=O)O. The normalized spacial score (nSPS) is 21.2. The molecule has 2 unspecified atom stereocenters. The second-order valence-electron chi connectivity index (χ2n) is 5.86. The fourth-order valence-corrected chi connectivity index (χ4v) is 3.01. The van der Waals surface area contributed by atoms with Gasteiger partial charge in [0.15, 0.2) is 0 Å². The number of amides is 1. The Morgan fingerprint density at radius 1 is 1.35 bits per heavy atom. The smallest absolute Gasteiger partial charge is 0.306 e. The molecule has 7 heteroatoms. The van der Waals surface area contributed by atoms with Crippen molar-refractivity contribution in [2.45, 2.75) is 13.3 Å². The predicted molar refractivity (Wildman–Crippen MR) is 82.2 cm³/mol. The highest BCUT2D eigenvalue weighted by atomic mass is 16.4. The standard InChI is InChI=1S/C16H18N4O3/c1-11-10-19(7-5-14(11)16(22)23)15(21)12-3-2-4-13(9-12)20-8-6-17-18-20/h2-4,6,8-9,11,14H,5,7,10H2,1H3,(H,22,23). The zero-order chi connectivity index (χ0) is 16.4. The van der Waals surface area contributed by atoms with E-state index >= 15 is 0 Å². The van der Waals surface area contributed by atoms with Crippen LogP contribution in [0.3, 0.4) is 0 Å². The van der Waals surface area contributed by atoms with Gasteiger partial charge in [-0.05, 0) is 30.5 Å². The van der Waals surface area contributed by atoms with Crippen molar-refractivity contribution < 1.29 is 14.7 Å². The van der Waals surface area contributed by atoms with Crippen molar-refractivity contribution in [1.82, 2.24) is 19.9 Å². The number of aromatic nitrogens is 3. The summed E-state index contributed by atoms with van der Waals surface area (Å²) < 4.78 is 1.59. The number of rotatable bonds is 3. The summed E-state index contributed by atoms with van der Waals surface area (Å²) >= 11 is 0. The number of carbonyl (C=O) groups excluding carboxylic acids is 1. The first-order valence-corrected chi connectivity index (χ1v) is 7.55. The summed E-state index contributed by atoms with van der Waals surface area (Å²) in [5.41, 5.74) is 1.33. The molecule has 0 radical (unpaired) electrons. The van der Waals surface area contributed by atoms with Crippen molar-refractivity contribution >= 4 is 11.9 Å². The van der Waals surface area contributed by atoms with Gasteiger partial charge in [0.05, 0.1) is 24.0 Å². The maximum atomic E-state index is 12.7. The molecule has 0 saturated carbocycles. The molecule has 1 saturated heterocycles. The van der Waals surface area contributed by atoms with E-state index in [1.165, 1.54) is 0 Å². The molecule has 0 bridgehead atoms. The van der Waals surface area contributed by atoms with Crippen LogP contribution in [-0.4, -0.2) is 50.0 Å². The summed E-state index contributed by atoms with van der Waals surface area (Å²) in [6, 6.07) is 7.18. The molecule has 2 atom stereocenters. The molecule has 1 aliphatic rings. The number of likely N-dealkylation sites (tertiary alicyclic amines) is 1. The molecule has 23 heavy (non-hydrogen) atoms. The van der Waals surface area contributed by atoms with Gasteiger partial charge >= 0.3 is 5.97 Å². The molecular weight excluding hydrogens is 296 g/mol. The lowest BCUT2D eigenvalue weighted by Gasteiger charge is -2.35. The van der Waals surface area contributed by atoms with Crippen LogP contribution < -0.4 is 0 Å². The molecule has 0 spiro atoms. The van der Waals surface area contributed by atoms with Gasteiger partial charge in [0, 0.05) is 18.7 Å². The van der Waals surface area contributed by atoms with E-state index < -0.39 is 5.97 Å². The molecule has 0 aliphatic carbocycles. The first-order valence-electron chi connectivity index (χ1n) is 7.55. The minimum atomic E-state index is -0.780. The molecule has 120 valence electrons. The lowest BCUT2D eigenvalue weighted by Crippen LogP contribution is -2.45. The van der Waals surface area contributed by atoms with Crippen LogP contribution in [-0.2, 0) is 4.79 Å². The highest BCUT2D eigenvalue weighted by Crippen LogP contribution is 2.25. The van der Waals surface area contributed by atoms with Gasteiger partial charge in [-0.2, -0.15) is 0 Å². The zero-order valence-corrected chi connectivity index (χ0v) is 12.8. The highest BCUT2D eigenvalue weighted by molar-refractivity contribution is 5.95. The third kappa shape index (κ3) is 3.08. The molecule has 2 heterocycles. The van der Waals surface area contributed by atoms with Crippen molar-refractivity contribution in [3.8, 4) is 5.69 Å². The number of aliphatic carboxylic acids is 1. The number of nitrogens with zero attached hydrogens (tertiary/aromatic N) is 4. The number of hydrogen-bond donors (Lipinski definition) is 1. The second kappa shape index (κ2) is 6.20. The molecule has 1 aliphatic heterocycles. The molecule has 2 aromatic rings. The van der Waals surface area contributed by atoms with Crippen molar-refractivity contribution in [2.24, 2.45) is 11.8 Å². The molecule has 1 aromatic carbocycles. The van der Waals surface area contributed by atoms with Crippen LogP contribution in [0.25, 0.3) is 5.69 Å². The van der Waals surface area contributed by atoms with E-state index in [0.29, 0.717) is 25.1 Å². The van der Waals surface area contributed by atoms with Crippen LogP contribution >= 0.6 is 0 Å². The summed E-state index contributed by atoms with van der Waals surface area (Å²) in [5, 5.41) is 16.9. The van der Waals surface area contributed by atoms with E-state index in [-0.39, 0.29) is 17.7 Å². The summed E-state index contributed by atoms with van der Waals surface area (Å²) in [7, 11) is 0. The number of carbonyl (C=O) groups is 2. The van der Waals surface area contributed by atoms with Crippen LogP contribution in [0.2, 0.25) is 0 Å². The largest absolute Gasteiger partial charge is 0.481 e. The Morgan fingerprint density at radius 3 is 2.83 bits per heavy atom.